The molecular formula is C21H31N3O. The molecule has 25 heavy (non-hydrogen) atoms. The van der Waals surface area contributed by atoms with E-state index in [9.17, 15) is 4.79 Å². The topological polar surface area (TPSA) is 35.6 Å². The predicted octanol–water partition coefficient (Wildman–Crippen LogP) is 2.64. The number of carbonyl (C=O) groups is 1. The van der Waals surface area contributed by atoms with Crippen molar-refractivity contribution in [3.63, 3.8) is 0 Å². The highest BCUT2D eigenvalue weighted by Crippen LogP contribution is 2.33. The summed E-state index contributed by atoms with van der Waals surface area (Å²) < 4.78 is 0. The van der Waals surface area contributed by atoms with Crippen molar-refractivity contribution >= 4 is 5.91 Å². The van der Waals surface area contributed by atoms with Crippen LogP contribution in [0, 0.1) is 5.92 Å². The van der Waals surface area contributed by atoms with Crippen molar-refractivity contribution in [2.45, 2.75) is 57.2 Å². The molecule has 3 fully saturated rings. The molecule has 3 atom stereocenters. The van der Waals surface area contributed by atoms with Gasteiger partial charge in [0.05, 0.1) is 6.04 Å². The smallest absolute Gasteiger partial charge is 0.239 e. The standard InChI is InChI=1S/C21H31N3O/c25-21(20-15-18-9-4-5-10-19(18)22-20)24-12-6-11-23(13-14-24)16-17-7-2-1-3-8-17/h1-3,7-8,18-20,22H,4-6,9-16H2. The first-order valence-corrected chi connectivity index (χ1v) is 10.1. The summed E-state index contributed by atoms with van der Waals surface area (Å²) >= 11 is 0. The fourth-order valence-electron chi connectivity index (χ4n) is 4.92. The van der Waals surface area contributed by atoms with E-state index >= 15 is 0 Å². The molecule has 2 heterocycles. The zero-order valence-electron chi connectivity index (χ0n) is 15.2. The lowest BCUT2D eigenvalue weighted by atomic mass is 9.85. The van der Waals surface area contributed by atoms with E-state index in [0.29, 0.717) is 11.9 Å². The molecule has 1 amide bonds. The van der Waals surface area contributed by atoms with Gasteiger partial charge in [0.2, 0.25) is 5.91 Å². The Morgan fingerprint density at radius 3 is 2.68 bits per heavy atom. The number of amides is 1. The second-order valence-electron chi connectivity index (χ2n) is 8.05. The van der Waals surface area contributed by atoms with Gasteiger partial charge in [-0.2, -0.15) is 0 Å². The van der Waals surface area contributed by atoms with Crippen molar-refractivity contribution in [1.29, 1.82) is 0 Å². The Morgan fingerprint density at radius 1 is 1.00 bits per heavy atom. The summed E-state index contributed by atoms with van der Waals surface area (Å²) in [6, 6.07) is 11.3. The molecule has 1 N–H and O–H groups in total. The van der Waals surface area contributed by atoms with Gasteiger partial charge in [-0.25, -0.2) is 0 Å². The van der Waals surface area contributed by atoms with Crippen molar-refractivity contribution in [3.05, 3.63) is 35.9 Å². The summed E-state index contributed by atoms with van der Waals surface area (Å²) in [6.07, 6.45) is 7.40. The fraction of sp³-hybridized carbons (Fsp3) is 0.667. The Balaban J connectivity index is 1.31. The second-order valence-corrected chi connectivity index (χ2v) is 8.05. The van der Waals surface area contributed by atoms with Gasteiger partial charge in [-0.05, 0) is 37.2 Å². The van der Waals surface area contributed by atoms with Crippen LogP contribution in [0.25, 0.3) is 0 Å². The van der Waals surface area contributed by atoms with Crippen molar-refractivity contribution in [3.8, 4) is 0 Å². The van der Waals surface area contributed by atoms with E-state index in [1.807, 2.05) is 0 Å². The Kier molecular flexibility index (Phi) is 5.37. The van der Waals surface area contributed by atoms with Gasteiger partial charge in [-0.15, -0.1) is 0 Å². The van der Waals surface area contributed by atoms with E-state index < -0.39 is 0 Å². The van der Waals surface area contributed by atoms with Crippen LogP contribution in [0.15, 0.2) is 30.3 Å². The monoisotopic (exact) mass is 341 g/mol. The average molecular weight is 341 g/mol. The van der Waals surface area contributed by atoms with E-state index in [1.165, 1.54) is 31.2 Å². The highest BCUT2D eigenvalue weighted by molar-refractivity contribution is 5.82. The number of nitrogens with zero attached hydrogens (tertiary/aromatic N) is 2. The van der Waals surface area contributed by atoms with Crippen LogP contribution in [0.3, 0.4) is 0 Å². The molecule has 3 unspecified atom stereocenters. The van der Waals surface area contributed by atoms with Crippen LogP contribution < -0.4 is 5.32 Å². The lowest BCUT2D eigenvalue weighted by Crippen LogP contribution is -2.46. The molecule has 1 aromatic carbocycles. The maximum atomic E-state index is 13.0. The zero-order chi connectivity index (χ0) is 17.1. The minimum atomic E-state index is 0.0776. The SMILES string of the molecule is O=C(C1CC2CCCCC2N1)N1CCCN(Cc2ccccc2)CC1. The molecule has 1 saturated carbocycles. The molecule has 1 aromatic rings. The van der Waals surface area contributed by atoms with Gasteiger partial charge < -0.3 is 10.2 Å². The van der Waals surface area contributed by atoms with E-state index in [1.54, 1.807) is 0 Å². The summed E-state index contributed by atoms with van der Waals surface area (Å²) in [5.41, 5.74) is 1.36. The summed E-state index contributed by atoms with van der Waals surface area (Å²) in [7, 11) is 0. The third-order valence-corrected chi connectivity index (χ3v) is 6.31. The van der Waals surface area contributed by atoms with Crippen molar-refractivity contribution in [2.24, 2.45) is 5.92 Å². The fourth-order valence-corrected chi connectivity index (χ4v) is 4.92. The van der Waals surface area contributed by atoms with Crippen LogP contribution in [0.1, 0.15) is 44.1 Å². The Bertz CT molecular complexity index is 562. The number of nitrogens with one attached hydrogen (secondary N) is 1. The summed E-state index contributed by atoms with van der Waals surface area (Å²) in [4.78, 5) is 17.6. The van der Waals surface area contributed by atoms with Crippen molar-refractivity contribution in [2.75, 3.05) is 26.2 Å². The second kappa shape index (κ2) is 7.88. The highest BCUT2D eigenvalue weighted by Gasteiger charge is 2.39. The van der Waals surface area contributed by atoms with Gasteiger partial charge in [0.25, 0.3) is 0 Å². The van der Waals surface area contributed by atoms with Crippen LogP contribution in [0.2, 0.25) is 0 Å². The molecule has 136 valence electrons. The zero-order valence-corrected chi connectivity index (χ0v) is 15.2. The number of hydrogen-bond acceptors (Lipinski definition) is 3. The van der Waals surface area contributed by atoms with E-state index in [-0.39, 0.29) is 6.04 Å². The molecule has 2 saturated heterocycles. The van der Waals surface area contributed by atoms with Crippen molar-refractivity contribution in [1.82, 2.24) is 15.1 Å². The van der Waals surface area contributed by atoms with Gasteiger partial charge in [-0.3, -0.25) is 9.69 Å². The van der Waals surface area contributed by atoms with E-state index in [4.69, 9.17) is 0 Å². The van der Waals surface area contributed by atoms with E-state index in [2.05, 4.69) is 45.4 Å². The molecule has 4 nitrogen and oxygen atoms in total. The first-order chi connectivity index (χ1) is 12.3. The third kappa shape index (κ3) is 4.06. The molecule has 2 aliphatic heterocycles. The minimum Gasteiger partial charge on any atom is -0.340 e. The number of rotatable bonds is 3. The van der Waals surface area contributed by atoms with Crippen LogP contribution in [0.5, 0.6) is 0 Å². The maximum Gasteiger partial charge on any atom is 0.239 e. The van der Waals surface area contributed by atoms with Gasteiger partial charge in [-0.1, -0.05) is 43.2 Å². The Morgan fingerprint density at radius 2 is 1.84 bits per heavy atom. The predicted molar refractivity (Wildman–Crippen MR) is 100 cm³/mol. The molecule has 1 aliphatic carbocycles. The number of fused-ring (bicyclic) bond motifs is 1. The molecule has 0 radical (unpaired) electrons. The largest absolute Gasteiger partial charge is 0.340 e. The molecule has 0 aromatic heterocycles. The summed E-state index contributed by atoms with van der Waals surface area (Å²) in [5.74, 6) is 1.10. The van der Waals surface area contributed by atoms with Crippen LogP contribution >= 0.6 is 0 Å². The first-order valence-electron chi connectivity index (χ1n) is 10.1. The maximum absolute atomic E-state index is 13.0. The van der Waals surface area contributed by atoms with E-state index in [0.717, 1.165) is 51.5 Å². The molecule has 4 rings (SSSR count). The molecule has 0 bridgehead atoms. The van der Waals surface area contributed by atoms with Crippen molar-refractivity contribution < 1.29 is 4.79 Å². The Labute approximate surface area is 151 Å². The molecular weight excluding hydrogens is 310 g/mol. The van der Waals surface area contributed by atoms with Gasteiger partial charge in [0.15, 0.2) is 0 Å². The molecule has 4 heteroatoms. The average Bonchev–Trinajstić information content (AvgIpc) is 2.95. The number of carbonyl (C=O) groups excluding carboxylic acids is 1. The quantitative estimate of drug-likeness (QED) is 0.918. The van der Waals surface area contributed by atoms with Gasteiger partial charge in [0.1, 0.15) is 0 Å². The van der Waals surface area contributed by atoms with Gasteiger partial charge in [0, 0.05) is 38.8 Å². The lowest BCUT2D eigenvalue weighted by Gasteiger charge is -2.25. The Hall–Kier alpha value is -1.39. The van der Waals surface area contributed by atoms with Crippen LogP contribution in [-0.4, -0.2) is 54.0 Å². The minimum absolute atomic E-state index is 0.0776. The van der Waals surface area contributed by atoms with Crippen LogP contribution in [-0.2, 0) is 11.3 Å². The summed E-state index contributed by atoms with van der Waals surface area (Å²) in [6.45, 7) is 4.85. The third-order valence-electron chi connectivity index (χ3n) is 6.31. The number of benzene rings is 1. The first kappa shape index (κ1) is 17.0. The normalized spacial score (nSPS) is 30.7. The lowest BCUT2D eigenvalue weighted by molar-refractivity contribution is -0.133. The highest BCUT2D eigenvalue weighted by atomic mass is 16.2. The molecule has 0 spiro atoms. The van der Waals surface area contributed by atoms with Crippen LogP contribution in [0.4, 0.5) is 0 Å². The van der Waals surface area contributed by atoms with Gasteiger partial charge >= 0.3 is 0 Å². The number of hydrogen-bond donors (Lipinski definition) is 1. The molecule has 3 aliphatic rings. The summed E-state index contributed by atoms with van der Waals surface area (Å²) in [5, 5.41) is 3.66.